The van der Waals surface area contributed by atoms with Gasteiger partial charge in [0.15, 0.2) is 0 Å². The molecule has 2 nitrogen and oxygen atoms in total. The maximum Gasteiger partial charge on any atom is 0.0541 e. The third-order valence-electron chi connectivity index (χ3n) is 10.4. The van der Waals surface area contributed by atoms with Crippen molar-refractivity contribution in [2.24, 2.45) is 0 Å². The van der Waals surface area contributed by atoms with Gasteiger partial charge in [0.1, 0.15) is 0 Å². The summed E-state index contributed by atoms with van der Waals surface area (Å²) in [6.07, 6.45) is 0. The Bertz CT molecular complexity index is 3110. The van der Waals surface area contributed by atoms with Crippen molar-refractivity contribution in [3.05, 3.63) is 182 Å². The van der Waals surface area contributed by atoms with Gasteiger partial charge in [0.05, 0.1) is 11.0 Å². The van der Waals surface area contributed by atoms with Crippen LogP contribution in [-0.2, 0) is 0 Å². The van der Waals surface area contributed by atoms with Gasteiger partial charge in [-0.3, -0.25) is 0 Å². The van der Waals surface area contributed by atoms with E-state index in [1.807, 2.05) is 22.7 Å². The minimum absolute atomic E-state index is 1.12. The standard InChI is InChI=1S/C48H30N2S2/c1-5-19-43-37(15-1)38-16-2-6-20-44(38)50(43)34-14-10-12-32(28-34)31-11-9-13-33(27-31)49(35-24-26-47-42(29-35)40-18-4-8-22-46(40)51-47)36-23-25-41-39-17-3-7-21-45(39)52-48(41)30-36/h1-30H. The zero-order valence-electron chi connectivity index (χ0n) is 28.0. The molecule has 0 saturated heterocycles. The first-order chi connectivity index (χ1) is 25.8. The summed E-state index contributed by atoms with van der Waals surface area (Å²) in [7, 11) is 0. The number of hydrogen-bond donors (Lipinski definition) is 0. The normalized spacial score (nSPS) is 11.8. The topological polar surface area (TPSA) is 8.17 Å². The summed E-state index contributed by atoms with van der Waals surface area (Å²) >= 11 is 3.72. The van der Waals surface area contributed by atoms with Gasteiger partial charge in [0.25, 0.3) is 0 Å². The Morgan fingerprint density at radius 3 is 1.60 bits per heavy atom. The molecule has 0 aliphatic rings. The van der Waals surface area contributed by atoms with Crippen molar-refractivity contribution in [1.82, 2.24) is 4.57 Å². The lowest BCUT2D eigenvalue weighted by Crippen LogP contribution is -2.09. The summed E-state index contributed by atoms with van der Waals surface area (Å²) < 4.78 is 7.63. The van der Waals surface area contributed by atoms with Crippen LogP contribution >= 0.6 is 22.7 Å². The molecule has 3 aromatic heterocycles. The van der Waals surface area contributed by atoms with Crippen LogP contribution in [0.2, 0.25) is 0 Å². The largest absolute Gasteiger partial charge is 0.310 e. The van der Waals surface area contributed by atoms with E-state index in [0.717, 1.165) is 22.7 Å². The lowest BCUT2D eigenvalue weighted by Gasteiger charge is -2.26. The third kappa shape index (κ3) is 4.62. The smallest absolute Gasteiger partial charge is 0.0541 e. The van der Waals surface area contributed by atoms with E-state index in [4.69, 9.17) is 0 Å². The number of para-hydroxylation sites is 2. The summed E-state index contributed by atoms with van der Waals surface area (Å²) in [6, 6.07) is 66.8. The Kier molecular flexibility index (Phi) is 6.63. The monoisotopic (exact) mass is 698 g/mol. The zero-order valence-corrected chi connectivity index (χ0v) is 29.7. The number of anilines is 3. The highest BCUT2D eigenvalue weighted by atomic mass is 32.1. The van der Waals surface area contributed by atoms with Gasteiger partial charge >= 0.3 is 0 Å². The van der Waals surface area contributed by atoms with Gasteiger partial charge in [-0.05, 0) is 90.0 Å². The second kappa shape index (κ2) is 11.7. The Balaban J connectivity index is 1.08. The second-order valence-electron chi connectivity index (χ2n) is 13.4. The molecule has 0 aliphatic heterocycles. The van der Waals surface area contributed by atoms with E-state index in [-0.39, 0.29) is 0 Å². The first-order valence-electron chi connectivity index (χ1n) is 17.6. The molecule has 11 aromatic rings. The van der Waals surface area contributed by atoms with Crippen LogP contribution < -0.4 is 4.90 Å². The molecular formula is C48H30N2S2. The quantitative estimate of drug-likeness (QED) is 0.174. The fourth-order valence-corrected chi connectivity index (χ4v) is 10.2. The molecule has 4 heteroatoms. The van der Waals surface area contributed by atoms with Crippen molar-refractivity contribution >= 4 is 102 Å². The molecular weight excluding hydrogens is 669 g/mol. The number of fused-ring (bicyclic) bond motifs is 9. The van der Waals surface area contributed by atoms with Crippen LogP contribution in [0.5, 0.6) is 0 Å². The molecule has 3 heterocycles. The van der Waals surface area contributed by atoms with Gasteiger partial charge in [0, 0.05) is 73.9 Å². The van der Waals surface area contributed by atoms with Crippen molar-refractivity contribution in [2.45, 2.75) is 0 Å². The third-order valence-corrected chi connectivity index (χ3v) is 12.6. The van der Waals surface area contributed by atoms with Crippen LogP contribution in [-0.4, -0.2) is 4.57 Å². The van der Waals surface area contributed by atoms with Gasteiger partial charge < -0.3 is 9.47 Å². The first-order valence-corrected chi connectivity index (χ1v) is 19.2. The maximum absolute atomic E-state index is 2.43. The average Bonchev–Trinajstić information content (AvgIpc) is 3.87. The number of hydrogen-bond acceptors (Lipinski definition) is 3. The van der Waals surface area contributed by atoms with Crippen LogP contribution in [0, 0.1) is 0 Å². The van der Waals surface area contributed by atoms with Crippen molar-refractivity contribution < 1.29 is 0 Å². The van der Waals surface area contributed by atoms with Crippen LogP contribution in [0.1, 0.15) is 0 Å². The summed E-state index contributed by atoms with van der Waals surface area (Å²) in [4.78, 5) is 2.43. The van der Waals surface area contributed by atoms with Crippen LogP contribution in [0.25, 0.3) is 79.0 Å². The highest BCUT2D eigenvalue weighted by Gasteiger charge is 2.18. The van der Waals surface area contributed by atoms with Crippen molar-refractivity contribution in [3.63, 3.8) is 0 Å². The van der Waals surface area contributed by atoms with Crippen molar-refractivity contribution in [1.29, 1.82) is 0 Å². The summed E-state index contributed by atoms with van der Waals surface area (Å²) in [5, 5.41) is 7.76. The summed E-state index contributed by atoms with van der Waals surface area (Å²) in [5.74, 6) is 0. The molecule has 0 amide bonds. The Morgan fingerprint density at radius 2 is 0.846 bits per heavy atom. The SMILES string of the molecule is c1cc(-c2cccc(-n3c4ccccc4c4ccccc43)c2)cc(N(c2ccc3c(c2)sc2ccccc23)c2ccc3sc4ccccc4c3c2)c1. The molecule has 0 atom stereocenters. The molecule has 0 radical (unpaired) electrons. The number of aromatic nitrogens is 1. The molecule has 0 saturated carbocycles. The summed E-state index contributed by atoms with van der Waals surface area (Å²) in [5.41, 5.74) is 9.36. The van der Waals surface area contributed by atoms with Gasteiger partial charge in [-0.25, -0.2) is 0 Å². The highest BCUT2D eigenvalue weighted by molar-refractivity contribution is 7.26. The fourth-order valence-electron chi connectivity index (χ4n) is 8.00. The lowest BCUT2D eigenvalue weighted by molar-refractivity contribution is 1.18. The Labute approximate surface area is 308 Å². The van der Waals surface area contributed by atoms with Crippen LogP contribution in [0.3, 0.4) is 0 Å². The number of benzene rings is 8. The van der Waals surface area contributed by atoms with Crippen LogP contribution in [0.15, 0.2) is 182 Å². The molecule has 8 aromatic carbocycles. The van der Waals surface area contributed by atoms with Crippen molar-refractivity contribution in [3.8, 4) is 16.8 Å². The number of rotatable bonds is 5. The van der Waals surface area contributed by atoms with E-state index < -0.39 is 0 Å². The number of thiophene rings is 2. The minimum atomic E-state index is 1.12. The van der Waals surface area contributed by atoms with E-state index >= 15 is 0 Å². The molecule has 0 N–H and O–H groups in total. The molecule has 0 fully saturated rings. The molecule has 0 unspecified atom stereocenters. The van der Waals surface area contributed by atoms with Crippen LogP contribution in [0.4, 0.5) is 17.1 Å². The molecule has 52 heavy (non-hydrogen) atoms. The van der Waals surface area contributed by atoms with E-state index in [2.05, 4.69) is 191 Å². The molecule has 244 valence electrons. The summed E-state index contributed by atoms with van der Waals surface area (Å²) in [6.45, 7) is 0. The van der Waals surface area contributed by atoms with Gasteiger partial charge in [-0.2, -0.15) is 0 Å². The van der Waals surface area contributed by atoms with Gasteiger partial charge in [-0.1, -0.05) is 103 Å². The first kappa shape index (κ1) is 29.5. The predicted octanol–water partition coefficient (Wildman–Crippen LogP) is 14.7. The number of nitrogens with zero attached hydrogens (tertiary/aromatic N) is 2. The molecule has 0 aliphatic carbocycles. The van der Waals surface area contributed by atoms with Gasteiger partial charge in [-0.15, -0.1) is 22.7 Å². The lowest BCUT2D eigenvalue weighted by atomic mass is 10.0. The highest BCUT2D eigenvalue weighted by Crippen LogP contribution is 2.44. The average molecular weight is 699 g/mol. The Hall–Kier alpha value is -6.20. The van der Waals surface area contributed by atoms with E-state index in [9.17, 15) is 0 Å². The van der Waals surface area contributed by atoms with Crippen molar-refractivity contribution in [2.75, 3.05) is 4.90 Å². The zero-order chi connectivity index (χ0) is 34.2. The minimum Gasteiger partial charge on any atom is -0.310 e. The predicted molar refractivity (Wildman–Crippen MR) is 227 cm³/mol. The molecule has 0 bridgehead atoms. The maximum atomic E-state index is 2.43. The molecule has 0 spiro atoms. The fraction of sp³-hybridized carbons (Fsp3) is 0. The molecule has 11 rings (SSSR count). The Morgan fingerprint density at radius 1 is 0.327 bits per heavy atom. The van der Waals surface area contributed by atoms with E-state index in [1.54, 1.807) is 0 Å². The van der Waals surface area contributed by atoms with E-state index in [0.29, 0.717) is 0 Å². The van der Waals surface area contributed by atoms with E-state index in [1.165, 1.54) is 73.3 Å². The van der Waals surface area contributed by atoms with Gasteiger partial charge in [0.2, 0.25) is 0 Å². The second-order valence-corrected chi connectivity index (χ2v) is 15.5.